The molecule has 0 aliphatic carbocycles. The number of aliphatic hydroxyl groups is 1. The lowest BCUT2D eigenvalue weighted by atomic mass is 9.88. The minimum absolute atomic E-state index is 0.155. The maximum Gasteiger partial charge on any atom is 0.126 e. The van der Waals surface area contributed by atoms with Crippen LogP contribution in [0.4, 0.5) is 0 Å². The number of rotatable bonds is 4. The average Bonchev–Trinajstić information content (AvgIpc) is 2.19. The van der Waals surface area contributed by atoms with Crippen molar-refractivity contribution in [1.82, 2.24) is 0 Å². The lowest BCUT2D eigenvalue weighted by Gasteiger charge is -2.21. The fourth-order valence-electron chi connectivity index (χ4n) is 1.47. The fourth-order valence-corrected chi connectivity index (χ4v) is 1.47. The lowest BCUT2D eigenvalue weighted by molar-refractivity contribution is -0.116. The Labute approximate surface area is 84.6 Å². The molecule has 2 nitrogen and oxygen atoms in total. The number of carbonyl (C=O) groups is 1. The summed E-state index contributed by atoms with van der Waals surface area (Å²) in [7, 11) is 0. The van der Waals surface area contributed by atoms with E-state index in [1.54, 1.807) is 0 Å². The highest BCUT2D eigenvalue weighted by Gasteiger charge is 2.22. The van der Waals surface area contributed by atoms with Crippen LogP contribution in [0.25, 0.3) is 0 Å². The summed E-state index contributed by atoms with van der Waals surface area (Å²) >= 11 is 0. The van der Waals surface area contributed by atoms with Gasteiger partial charge in [0.1, 0.15) is 6.29 Å². The summed E-state index contributed by atoms with van der Waals surface area (Å²) in [6, 6.07) is 9.29. The molecule has 0 unspecified atom stereocenters. The zero-order valence-corrected chi connectivity index (χ0v) is 8.55. The molecule has 0 saturated carbocycles. The van der Waals surface area contributed by atoms with Gasteiger partial charge in [-0.05, 0) is 11.5 Å². The highest BCUT2D eigenvalue weighted by molar-refractivity contribution is 5.55. The SMILES string of the molecule is CC(C)[C@@H](C=O)[C@H](O)c1ccccc1. The summed E-state index contributed by atoms with van der Waals surface area (Å²) in [6.07, 6.45) is 0.149. The topological polar surface area (TPSA) is 37.3 Å². The Kier molecular flexibility index (Phi) is 3.84. The average molecular weight is 192 g/mol. The fraction of sp³-hybridized carbons (Fsp3) is 0.417. The summed E-state index contributed by atoms with van der Waals surface area (Å²) in [5.74, 6) is -0.167. The van der Waals surface area contributed by atoms with Gasteiger partial charge in [0.15, 0.2) is 0 Å². The van der Waals surface area contributed by atoms with E-state index in [1.165, 1.54) is 0 Å². The molecule has 1 N–H and O–H groups in total. The smallest absolute Gasteiger partial charge is 0.126 e. The Morgan fingerprint density at radius 1 is 1.21 bits per heavy atom. The number of hydrogen-bond acceptors (Lipinski definition) is 2. The second kappa shape index (κ2) is 4.91. The summed E-state index contributed by atoms with van der Waals surface area (Å²) < 4.78 is 0. The maximum atomic E-state index is 10.8. The van der Waals surface area contributed by atoms with Crippen molar-refractivity contribution in [2.45, 2.75) is 20.0 Å². The van der Waals surface area contributed by atoms with Crippen LogP contribution in [-0.4, -0.2) is 11.4 Å². The minimum atomic E-state index is -0.686. The van der Waals surface area contributed by atoms with Gasteiger partial charge in [0.05, 0.1) is 6.10 Å². The van der Waals surface area contributed by atoms with Crippen LogP contribution < -0.4 is 0 Å². The van der Waals surface area contributed by atoms with E-state index in [0.717, 1.165) is 11.8 Å². The van der Waals surface area contributed by atoms with Crippen LogP contribution in [0.3, 0.4) is 0 Å². The first-order valence-electron chi connectivity index (χ1n) is 4.85. The Hall–Kier alpha value is -1.15. The quantitative estimate of drug-likeness (QED) is 0.742. The highest BCUT2D eigenvalue weighted by Crippen LogP contribution is 2.25. The summed E-state index contributed by atoms with van der Waals surface area (Å²) in [4.78, 5) is 10.8. The molecule has 0 aliphatic rings. The third-order valence-electron chi connectivity index (χ3n) is 2.43. The van der Waals surface area contributed by atoms with Crippen LogP contribution in [0.1, 0.15) is 25.5 Å². The van der Waals surface area contributed by atoms with Gasteiger partial charge >= 0.3 is 0 Å². The second-order valence-corrected chi connectivity index (χ2v) is 3.81. The Balaban J connectivity index is 2.83. The third kappa shape index (κ3) is 2.42. The van der Waals surface area contributed by atoms with Gasteiger partial charge in [-0.1, -0.05) is 44.2 Å². The molecule has 14 heavy (non-hydrogen) atoms. The van der Waals surface area contributed by atoms with E-state index < -0.39 is 6.10 Å². The van der Waals surface area contributed by atoms with Gasteiger partial charge < -0.3 is 9.90 Å². The molecule has 0 saturated heterocycles. The molecule has 76 valence electrons. The van der Waals surface area contributed by atoms with Gasteiger partial charge in [0.25, 0.3) is 0 Å². The summed E-state index contributed by atoms with van der Waals surface area (Å²) in [5, 5.41) is 9.92. The molecule has 0 fully saturated rings. The van der Waals surface area contributed by atoms with Crippen LogP contribution in [0, 0.1) is 11.8 Å². The molecular formula is C12H16O2. The molecule has 0 radical (unpaired) electrons. The lowest BCUT2D eigenvalue weighted by Crippen LogP contribution is -2.19. The van der Waals surface area contributed by atoms with Crippen LogP contribution in [0.2, 0.25) is 0 Å². The summed E-state index contributed by atoms with van der Waals surface area (Å²) in [5.41, 5.74) is 0.804. The second-order valence-electron chi connectivity index (χ2n) is 3.81. The number of aliphatic hydroxyl groups excluding tert-OH is 1. The molecule has 0 bridgehead atoms. The molecular weight excluding hydrogens is 176 g/mol. The van der Waals surface area contributed by atoms with Crippen molar-refractivity contribution >= 4 is 6.29 Å². The Morgan fingerprint density at radius 2 is 1.79 bits per heavy atom. The van der Waals surface area contributed by atoms with Crippen LogP contribution >= 0.6 is 0 Å². The molecule has 2 heteroatoms. The van der Waals surface area contributed by atoms with Crippen molar-refractivity contribution in [3.05, 3.63) is 35.9 Å². The molecule has 0 amide bonds. The van der Waals surface area contributed by atoms with E-state index >= 15 is 0 Å². The number of carbonyl (C=O) groups excluding carboxylic acids is 1. The molecule has 1 aromatic carbocycles. The molecule has 0 heterocycles. The van der Waals surface area contributed by atoms with Gasteiger partial charge in [0.2, 0.25) is 0 Å². The van der Waals surface area contributed by atoms with Crippen LogP contribution in [0.15, 0.2) is 30.3 Å². The molecule has 1 rings (SSSR count). The normalized spacial score (nSPS) is 15.1. The Morgan fingerprint density at radius 3 is 2.21 bits per heavy atom. The number of hydrogen-bond donors (Lipinski definition) is 1. The van der Waals surface area contributed by atoms with Gasteiger partial charge in [-0.25, -0.2) is 0 Å². The highest BCUT2D eigenvalue weighted by atomic mass is 16.3. The first-order chi connectivity index (χ1) is 6.66. The summed E-state index contributed by atoms with van der Waals surface area (Å²) in [6.45, 7) is 3.87. The Bertz CT molecular complexity index is 280. The van der Waals surface area contributed by atoms with Gasteiger partial charge in [0, 0.05) is 5.92 Å². The van der Waals surface area contributed by atoms with Crippen LogP contribution in [-0.2, 0) is 4.79 Å². The van der Waals surface area contributed by atoms with Crippen LogP contribution in [0.5, 0.6) is 0 Å². The molecule has 2 atom stereocenters. The van der Waals surface area contributed by atoms with E-state index in [4.69, 9.17) is 0 Å². The van der Waals surface area contributed by atoms with Gasteiger partial charge in [-0.2, -0.15) is 0 Å². The minimum Gasteiger partial charge on any atom is -0.388 e. The first-order valence-corrected chi connectivity index (χ1v) is 4.85. The van der Waals surface area contributed by atoms with Crippen molar-refractivity contribution in [3.8, 4) is 0 Å². The van der Waals surface area contributed by atoms with Crippen molar-refractivity contribution in [2.24, 2.45) is 11.8 Å². The van der Waals surface area contributed by atoms with Crippen molar-refractivity contribution in [2.75, 3.05) is 0 Å². The molecule has 0 aromatic heterocycles. The first kappa shape index (κ1) is 10.9. The maximum absolute atomic E-state index is 10.8. The van der Waals surface area contributed by atoms with Crippen molar-refractivity contribution in [3.63, 3.8) is 0 Å². The molecule has 0 spiro atoms. The largest absolute Gasteiger partial charge is 0.388 e. The number of aldehydes is 1. The van der Waals surface area contributed by atoms with E-state index in [0.29, 0.717) is 0 Å². The van der Waals surface area contributed by atoms with Gasteiger partial charge in [-0.15, -0.1) is 0 Å². The zero-order valence-electron chi connectivity index (χ0n) is 8.55. The third-order valence-corrected chi connectivity index (χ3v) is 2.43. The van der Waals surface area contributed by atoms with E-state index in [9.17, 15) is 9.90 Å². The van der Waals surface area contributed by atoms with E-state index in [-0.39, 0.29) is 11.8 Å². The predicted molar refractivity (Wildman–Crippen MR) is 55.8 cm³/mol. The van der Waals surface area contributed by atoms with Gasteiger partial charge in [-0.3, -0.25) is 0 Å². The van der Waals surface area contributed by atoms with Crippen molar-refractivity contribution in [1.29, 1.82) is 0 Å². The van der Waals surface area contributed by atoms with E-state index in [2.05, 4.69) is 0 Å². The monoisotopic (exact) mass is 192 g/mol. The molecule has 0 aliphatic heterocycles. The number of benzene rings is 1. The standard InChI is InChI=1S/C12H16O2/c1-9(2)11(8-13)12(14)10-6-4-3-5-7-10/h3-9,11-12,14H,1-2H3/t11-,12-/m1/s1. The molecule has 1 aromatic rings. The van der Waals surface area contributed by atoms with Crippen molar-refractivity contribution < 1.29 is 9.90 Å². The van der Waals surface area contributed by atoms with E-state index in [1.807, 2.05) is 44.2 Å². The predicted octanol–water partition coefficient (Wildman–Crippen LogP) is 2.19. The zero-order chi connectivity index (χ0) is 10.6.